The quantitative estimate of drug-likeness (QED) is 0.316. The van der Waals surface area contributed by atoms with Gasteiger partial charge in [0.1, 0.15) is 0 Å². The van der Waals surface area contributed by atoms with Gasteiger partial charge in [0.05, 0.1) is 18.4 Å². The van der Waals surface area contributed by atoms with Crippen LogP contribution >= 0.6 is 0 Å². The molecule has 142 valence electrons. The van der Waals surface area contributed by atoms with Crippen molar-refractivity contribution < 1.29 is 23.8 Å². The summed E-state index contributed by atoms with van der Waals surface area (Å²) in [5.74, 6) is -0.647. The van der Waals surface area contributed by atoms with Crippen LogP contribution in [0.5, 0.6) is 0 Å². The van der Waals surface area contributed by atoms with Gasteiger partial charge in [0.15, 0.2) is 0 Å². The lowest BCUT2D eigenvalue weighted by Gasteiger charge is -2.21. The van der Waals surface area contributed by atoms with Crippen LogP contribution < -0.4 is 0 Å². The number of rotatable bonds is 5. The molecule has 0 aromatic rings. The SMILES string of the molecule is CCOC(=O)/C(=C/OC1OC(=O)C(C)=C1C)C1CCCCC2=C1CCC2. The molecule has 5 heteroatoms. The predicted molar refractivity (Wildman–Crippen MR) is 96.9 cm³/mol. The molecule has 0 fully saturated rings. The fourth-order valence-electron chi connectivity index (χ4n) is 4.10. The molecule has 0 spiro atoms. The molecular formula is C21H28O5. The maximum absolute atomic E-state index is 12.6. The van der Waals surface area contributed by atoms with E-state index in [1.807, 2.05) is 6.92 Å². The number of cyclic esters (lactones) is 1. The molecule has 26 heavy (non-hydrogen) atoms. The van der Waals surface area contributed by atoms with E-state index in [0.29, 0.717) is 17.8 Å². The van der Waals surface area contributed by atoms with E-state index in [2.05, 4.69) is 0 Å². The number of hydrogen-bond acceptors (Lipinski definition) is 5. The topological polar surface area (TPSA) is 61.8 Å². The highest BCUT2D eigenvalue weighted by molar-refractivity contribution is 5.91. The zero-order chi connectivity index (χ0) is 18.7. The molecular weight excluding hydrogens is 332 g/mol. The second-order valence-electron chi connectivity index (χ2n) is 7.26. The second kappa shape index (κ2) is 8.11. The zero-order valence-corrected chi connectivity index (χ0v) is 15.9. The third-order valence-corrected chi connectivity index (χ3v) is 5.69. The molecule has 0 saturated heterocycles. The first-order chi connectivity index (χ1) is 12.5. The molecule has 5 nitrogen and oxygen atoms in total. The fraction of sp³-hybridized carbons (Fsp3) is 0.619. The Morgan fingerprint density at radius 2 is 1.96 bits per heavy atom. The molecule has 2 aliphatic carbocycles. The van der Waals surface area contributed by atoms with Crippen LogP contribution in [0, 0.1) is 5.92 Å². The minimum absolute atomic E-state index is 0.0523. The van der Waals surface area contributed by atoms with Crippen LogP contribution in [0.25, 0.3) is 0 Å². The average molecular weight is 360 g/mol. The minimum atomic E-state index is -0.755. The van der Waals surface area contributed by atoms with Crippen LogP contribution in [0.15, 0.2) is 34.1 Å². The summed E-state index contributed by atoms with van der Waals surface area (Å²) in [6.07, 6.45) is 8.43. The van der Waals surface area contributed by atoms with Crippen molar-refractivity contribution in [3.63, 3.8) is 0 Å². The van der Waals surface area contributed by atoms with Crippen molar-refractivity contribution in [1.29, 1.82) is 0 Å². The van der Waals surface area contributed by atoms with Crippen LogP contribution in [-0.2, 0) is 23.8 Å². The molecule has 2 atom stereocenters. The van der Waals surface area contributed by atoms with Gasteiger partial charge in [0.25, 0.3) is 6.29 Å². The van der Waals surface area contributed by atoms with E-state index in [1.165, 1.54) is 30.2 Å². The molecule has 3 rings (SSSR count). The van der Waals surface area contributed by atoms with Crippen molar-refractivity contribution in [2.45, 2.75) is 72.0 Å². The number of hydrogen-bond donors (Lipinski definition) is 0. The Morgan fingerprint density at radius 3 is 2.65 bits per heavy atom. The number of allylic oxidation sites excluding steroid dienone is 2. The standard InChI is InChI=1S/C21H28O5/c1-4-24-20(23)18(12-25-21-14(3)13(2)19(22)26-21)17-10-6-5-8-15-9-7-11-16(15)17/h12,17,21H,4-11H2,1-3H3/b18-12+. The predicted octanol–water partition coefficient (Wildman–Crippen LogP) is 4.34. The van der Waals surface area contributed by atoms with Crippen LogP contribution in [0.2, 0.25) is 0 Å². The summed E-state index contributed by atoms with van der Waals surface area (Å²) < 4.78 is 16.3. The zero-order valence-electron chi connectivity index (χ0n) is 15.9. The summed E-state index contributed by atoms with van der Waals surface area (Å²) in [6.45, 7) is 5.66. The molecule has 1 heterocycles. The lowest BCUT2D eigenvalue weighted by Crippen LogP contribution is -2.20. The summed E-state index contributed by atoms with van der Waals surface area (Å²) in [5.41, 5.74) is 4.78. The van der Waals surface area contributed by atoms with Gasteiger partial charge in [-0.05, 0) is 59.3 Å². The third-order valence-electron chi connectivity index (χ3n) is 5.69. The van der Waals surface area contributed by atoms with Gasteiger partial charge in [-0.25, -0.2) is 9.59 Å². The Labute approximate surface area is 155 Å². The Morgan fingerprint density at radius 1 is 1.19 bits per heavy atom. The first-order valence-corrected chi connectivity index (χ1v) is 9.64. The van der Waals surface area contributed by atoms with E-state index in [1.54, 1.807) is 13.8 Å². The third kappa shape index (κ3) is 3.71. The average Bonchev–Trinajstić information content (AvgIpc) is 3.11. The maximum Gasteiger partial charge on any atom is 0.337 e. The molecule has 0 amide bonds. The molecule has 0 N–H and O–H groups in total. The summed E-state index contributed by atoms with van der Waals surface area (Å²) in [4.78, 5) is 24.3. The van der Waals surface area contributed by atoms with Crippen molar-refractivity contribution in [2.24, 2.45) is 5.92 Å². The van der Waals surface area contributed by atoms with E-state index in [0.717, 1.165) is 37.7 Å². The molecule has 0 aromatic carbocycles. The van der Waals surface area contributed by atoms with E-state index in [-0.39, 0.29) is 17.9 Å². The van der Waals surface area contributed by atoms with Gasteiger partial charge in [0, 0.05) is 17.1 Å². The summed E-state index contributed by atoms with van der Waals surface area (Å²) in [6, 6.07) is 0. The smallest absolute Gasteiger partial charge is 0.337 e. The van der Waals surface area contributed by atoms with Crippen LogP contribution in [-0.4, -0.2) is 24.8 Å². The summed E-state index contributed by atoms with van der Waals surface area (Å²) in [7, 11) is 0. The van der Waals surface area contributed by atoms with Gasteiger partial charge >= 0.3 is 11.9 Å². The van der Waals surface area contributed by atoms with Gasteiger partial charge < -0.3 is 14.2 Å². The van der Waals surface area contributed by atoms with Crippen molar-refractivity contribution >= 4 is 11.9 Å². The van der Waals surface area contributed by atoms with Crippen molar-refractivity contribution in [1.82, 2.24) is 0 Å². The van der Waals surface area contributed by atoms with E-state index in [9.17, 15) is 9.59 Å². The molecule has 3 aliphatic rings. The lowest BCUT2D eigenvalue weighted by atomic mass is 9.86. The molecule has 0 aromatic heterocycles. The van der Waals surface area contributed by atoms with Gasteiger partial charge in [-0.3, -0.25) is 0 Å². The Hall–Kier alpha value is -2.04. The van der Waals surface area contributed by atoms with E-state index in [4.69, 9.17) is 14.2 Å². The molecule has 0 bridgehead atoms. The van der Waals surface area contributed by atoms with Gasteiger partial charge in [0.2, 0.25) is 0 Å². The highest BCUT2D eigenvalue weighted by atomic mass is 16.7. The Bertz CT molecular complexity index is 683. The molecule has 2 unspecified atom stereocenters. The van der Waals surface area contributed by atoms with E-state index < -0.39 is 6.29 Å². The Balaban J connectivity index is 1.86. The summed E-state index contributed by atoms with van der Waals surface area (Å²) in [5, 5.41) is 0. The fourth-order valence-corrected chi connectivity index (χ4v) is 4.10. The van der Waals surface area contributed by atoms with Crippen LogP contribution in [0.4, 0.5) is 0 Å². The number of esters is 2. The monoisotopic (exact) mass is 360 g/mol. The van der Waals surface area contributed by atoms with Gasteiger partial charge in [-0.2, -0.15) is 0 Å². The lowest BCUT2D eigenvalue weighted by molar-refractivity contribution is -0.153. The Kier molecular flexibility index (Phi) is 5.84. The van der Waals surface area contributed by atoms with Gasteiger partial charge in [-0.1, -0.05) is 17.6 Å². The second-order valence-corrected chi connectivity index (χ2v) is 7.26. The molecule has 1 aliphatic heterocycles. The first kappa shape index (κ1) is 18.7. The summed E-state index contributed by atoms with van der Waals surface area (Å²) >= 11 is 0. The van der Waals surface area contributed by atoms with Crippen molar-refractivity contribution in [3.05, 3.63) is 34.1 Å². The van der Waals surface area contributed by atoms with E-state index >= 15 is 0 Å². The number of carbonyl (C=O) groups excluding carboxylic acids is 2. The number of carbonyl (C=O) groups is 2. The van der Waals surface area contributed by atoms with Gasteiger partial charge in [-0.15, -0.1) is 0 Å². The minimum Gasteiger partial charge on any atom is -0.463 e. The van der Waals surface area contributed by atoms with Crippen molar-refractivity contribution in [3.8, 4) is 0 Å². The normalized spacial score (nSPS) is 26.6. The maximum atomic E-state index is 12.6. The largest absolute Gasteiger partial charge is 0.463 e. The number of ether oxygens (including phenoxy) is 3. The highest BCUT2D eigenvalue weighted by Crippen LogP contribution is 2.42. The van der Waals surface area contributed by atoms with Crippen molar-refractivity contribution in [2.75, 3.05) is 6.61 Å². The van der Waals surface area contributed by atoms with Crippen LogP contribution in [0.3, 0.4) is 0 Å². The molecule has 0 radical (unpaired) electrons. The highest BCUT2D eigenvalue weighted by Gasteiger charge is 2.33. The van der Waals surface area contributed by atoms with Crippen LogP contribution in [0.1, 0.15) is 65.7 Å². The first-order valence-electron chi connectivity index (χ1n) is 9.64. The molecule has 0 saturated carbocycles.